The zero-order valence-corrected chi connectivity index (χ0v) is 11.9. The summed E-state index contributed by atoms with van der Waals surface area (Å²) in [4.78, 5) is 22.7. The van der Waals surface area contributed by atoms with E-state index in [1.165, 1.54) is 0 Å². The van der Waals surface area contributed by atoms with Crippen molar-refractivity contribution in [3.8, 4) is 0 Å². The van der Waals surface area contributed by atoms with Crippen molar-refractivity contribution in [1.29, 1.82) is 0 Å². The van der Waals surface area contributed by atoms with Gasteiger partial charge in [-0.3, -0.25) is 4.79 Å². The Hall–Kier alpha value is -1.10. The van der Waals surface area contributed by atoms with Gasteiger partial charge in [-0.1, -0.05) is 13.8 Å². The van der Waals surface area contributed by atoms with E-state index in [1.807, 2.05) is 0 Å². The molecule has 1 saturated heterocycles. The molecule has 0 aromatic carbocycles. The van der Waals surface area contributed by atoms with Crippen molar-refractivity contribution >= 4 is 11.9 Å². The van der Waals surface area contributed by atoms with Gasteiger partial charge in [-0.25, -0.2) is 4.79 Å². The average Bonchev–Trinajstić information content (AvgIpc) is 2.36. The maximum absolute atomic E-state index is 11.7. The first kappa shape index (κ1) is 16.0. The van der Waals surface area contributed by atoms with Crippen LogP contribution in [-0.4, -0.2) is 36.2 Å². The summed E-state index contributed by atoms with van der Waals surface area (Å²) in [5, 5.41) is 11.6. The van der Waals surface area contributed by atoms with E-state index in [0.29, 0.717) is 12.3 Å². The lowest BCUT2D eigenvalue weighted by Crippen LogP contribution is -2.44. The number of ether oxygens (including phenoxy) is 1. The van der Waals surface area contributed by atoms with E-state index >= 15 is 0 Å². The Morgan fingerprint density at radius 3 is 2.47 bits per heavy atom. The molecule has 1 amide bonds. The number of aliphatic carboxylic acids is 1. The zero-order valence-electron chi connectivity index (χ0n) is 11.9. The van der Waals surface area contributed by atoms with Gasteiger partial charge in [0.05, 0.1) is 0 Å². The van der Waals surface area contributed by atoms with Crippen LogP contribution in [0.4, 0.5) is 0 Å². The van der Waals surface area contributed by atoms with Gasteiger partial charge in [-0.05, 0) is 37.5 Å². The summed E-state index contributed by atoms with van der Waals surface area (Å²) < 4.78 is 5.29. The quantitative estimate of drug-likeness (QED) is 0.740. The Balaban J connectivity index is 2.21. The smallest absolute Gasteiger partial charge is 0.326 e. The minimum Gasteiger partial charge on any atom is -0.480 e. The molecule has 2 N–H and O–H groups in total. The summed E-state index contributed by atoms with van der Waals surface area (Å²) in [6, 6.07) is -0.782. The third-order valence-corrected chi connectivity index (χ3v) is 3.61. The summed E-state index contributed by atoms with van der Waals surface area (Å²) in [6.07, 6.45) is 4.40. The van der Waals surface area contributed by atoms with Gasteiger partial charge in [0.1, 0.15) is 6.04 Å². The molecule has 1 fully saturated rings. The van der Waals surface area contributed by atoms with Crippen LogP contribution >= 0.6 is 0 Å². The molecule has 0 unspecified atom stereocenters. The monoisotopic (exact) mass is 271 g/mol. The molecule has 1 rings (SSSR count). The van der Waals surface area contributed by atoms with Crippen LogP contribution in [0.2, 0.25) is 0 Å². The summed E-state index contributed by atoms with van der Waals surface area (Å²) >= 11 is 0. The normalized spacial score (nSPS) is 18.3. The largest absolute Gasteiger partial charge is 0.480 e. The number of amides is 1. The second-order valence-corrected chi connectivity index (χ2v) is 5.58. The van der Waals surface area contributed by atoms with Crippen molar-refractivity contribution in [3.05, 3.63) is 0 Å². The van der Waals surface area contributed by atoms with Crippen molar-refractivity contribution in [2.45, 2.75) is 52.0 Å². The number of carbonyl (C=O) groups excluding carboxylic acids is 1. The Bertz CT molecular complexity index is 298. The van der Waals surface area contributed by atoms with E-state index in [9.17, 15) is 9.59 Å². The van der Waals surface area contributed by atoms with Crippen LogP contribution in [0, 0.1) is 11.8 Å². The average molecular weight is 271 g/mol. The molecule has 0 radical (unpaired) electrons. The standard InChI is InChI=1S/C14H25NO4/c1-10(2)13(14(17)18)15-12(16)5-3-4-11-6-8-19-9-7-11/h10-11,13H,3-9H2,1-2H3,(H,15,16)(H,17,18)/t13-/m0/s1. The molecule has 0 bridgehead atoms. The first-order valence-electron chi connectivity index (χ1n) is 7.10. The summed E-state index contributed by atoms with van der Waals surface area (Å²) in [5.74, 6) is -0.570. The van der Waals surface area contributed by atoms with Crippen LogP contribution in [0.3, 0.4) is 0 Å². The fourth-order valence-electron chi connectivity index (χ4n) is 2.35. The topological polar surface area (TPSA) is 75.6 Å². The summed E-state index contributed by atoms with van der Waals surface area (Å²) in [5.41, 5.74) is 0. The number of hydrogen-bond acceptors (Lipinski definition) is 3. The first-order valence-corrected chi connectivity index (χ1v) is 7.10. The number of nitrogens with one attached hydrogen (secondary N) is 1. The van der Waals surface area contributed by atoms with Gasteiger partial charge in [0.2, 0.25) is 5.91 Å². The van der Waals surface area contributed by atoms with Crippen molar-refractivity contribution in [2.75, 3.05) is 13.2 Å². The molecule has 1 heterocycles. The second kappa shape index (κ2) is 8.15. The highest BCUT2D eigenvalue weighted by atomic mass is 16.5. The van der Waals surface area contributed by atoms with Gasteiger partial charge in [0.25, 0.3) is 0 Å². The number of hydrogen-bond donors (Lipinski definition) is 2. The highest BCUT2D eigenvalue weighted by molar-refractivity contribution is 5.83. The number of carboxylic acid groups (broad SMARTS) is 1. The molecule has 0 aliphatic carbocycles. The molecule has 5 nitrogen and oxygen atoms in total. The molecule has 5 heteroatoms. The Morgan fingerprint density at radius 1 is 1.32 bits per heavy atom. The maximum Gasteiger partial charge on any atom is 0.326 e. The number of carboxylic acids is 1. The van der Waals surface area contributed by atoms with Crippen LogP contribution in [0.1, 0.15) is 46.0 Å². The lowest BCUT2D eigenvalue weighted by atomic mass is 9.94. The van der Waals surface area contributed by atoms with E-state index in [0.717, 1.165) is 38.9 Å². The predicted molar refractivity (Wildman–Crippen MR) is 71.8 cm³/mol. The molecular weight excluding hydrogens is 246 g/mol. The maximum atomic E-state index is 11.7. The van der Waals surface area contributed by atoms with Crippen LogP contribution in [0.15, 0.2) is 0 Å². The summed E-state index contributed by atoms with van der Waals surface area (Å²) in [6.45, 7) is 5.23. The fourth-order valence-corrected chi connectivity index (χ4v) is 2.35. The third kappa shape index (κ3) is 6.05. The van der Waals surface area contributed by atoms with Crippen molar-refractivity contribution in [1.82, 2.24) is 5.32 Å². The third-order valence-electron chi connectivity index (χ3n) is 3.61. The zero-order chi connectivity index (χ0) is 14.3. The molecule has 0 aromatic rings. The number of carbonyl (C=O) groups is 2. The fraction of sp³-hybridized carbons (Fsp3) is 0.857. The second-order valence-electron chi connectivity index (χ2n) is 5.58. The SMILES string of the molecule is CC(C)[C@H](NC(=O)CCCC1CCOCC1)C(=O)O. The Morgan fingerprint density at radius 2 is 1.95 bits per heavy atom. The van der Waals surface area contributed by atoms with Gasteiger partial charge in [0, 0.05) is 19.6 Å². The molecule has 19 heavy (non-hydrogen) atoms. The van der Waals surface area contributed by atoms with E-state index in [1.54, 1.807) is 13.8 Å². The molecule has 1 aliphatic heterocycles. The minimum absolute atomic E-state index is 0.100. The molecule has 0 saturated carbocycles. The van der Waals surface area contributed by atoms with E-state index in [-0.39, 0.29) is 11.8 Å². The van der Waals surface area contributed by atoms with Crippen LogP contribution in [-0.2, 0) is 14.3 Å². The number of rotatable bonds is 7. The van der Waals surface area contributed by atoms with Gasteiger partial charge < -0.3 is 15.2 Å². The van der Waals surface area contributed by atoms with E-state index in [4.69, 9.17) is 9.84 Å². The van der Waals surface area contributed by atoms with Crippen LogP contribution in [0.25, 0.3) is 0 Å². The Labute approximate surface area is 114 Å². The first-order chi connectivity index (χ1) is 9.00. The van der Waals surface area contributed by atoms with Gasteiger partial charge >= 0.3 is 5.97 Å². The Kier molecular flexibility index (Phi) is 6.84. The molecule has 0 spiro atoms. The molecule has 1 atom stereocenters. The van der Waals surface area contributed by atoms with E-state index < -0.39 is 12.0 Å². The van der Waals surface area contributed by atoms with Crippen molar-refractivity contribution < 1.29 is 19.4 Å². The molecule has 1 aliphatic rings. The van der Waals surface area contributed by atoms with Crippen molar-refractivity contribution in [3.63, 3.8) is 0 Å². The van der Waals surface area contributed by atoms with Crippen LogP contribution < -0.4 is 5.32 Å². The van der Waals surface area contributed by atoms with E-state index in [2.05, 4.69) is 5.32 Å². The van der Waals surface area contributed by atoms with Gasteiger partial charge in [-0.2, -0.15) is 0 Å². The molecule has 110 valence electrons. The van der Waals surface area contributed by atoms with Gasteiger partial charge in [-0.15, -0.1) is 0 Å². The minimum atomic E-state index is -0.965. The highest BCUT2D eigenvalue weighted by Crippen LogP contribution is 2.20. The lowest BCUT2D eigenvalue weighted by Gasteiger charge is -2.22. The van der Waals surface area contributed by atoms with Gasteiger partial charge in [0.15, 0.2) is 0 Å². The predicted octanol–water partition coefficient (Wildman–Crippen LogP) is 1.81. The molecule has 0 aromatic heterocycles. The lowest BCUT2D eigenvalue weighted by molar-refractivity contribution is -0.143. The molecular formula is C14H25NO4. The highest BCUT2D eigenvalue weighted by Gasteiger charge is 2.23. The summed E-state index contributed by atoms with van der Waals surface area (Å²) in [7, 11) is 0. The van der Waals surface area contributed by atoms with Crippen LogP contribution in [0.5, 0.6) is 0 Å². The van der Waals surface area contributed by atoms with Crippen molar-refractivity contribution in [2.24, 2.45) is 11.8 Å².